The number of piperidine rings is 1. The third-order valence-corrected chi connectivity index (χ3v) is 5.54. The molecule has 0 unspecified atom stereocenters. The Balaban J connectivity index is 1.80. The number of carboxylic acids is 1. The van der Waals surface area contributed by atoms with E-state index in [0.29, 0.717) is 42.6 Å². The van der Waals surface area contributed by atoms with Crippen LogP contribution in [0.25, 0.3) is 0 Å². The third-order valence-electron chi connectivity index (χ3n) is 5.54. The Kier molecular flexibility index (Phi) is 5.93. The van der Waals surface area contributed by atoms with Crippen LogP contribution < -0.4 is 0 Å². The molecule has 1 heterocycles. The molecule has 1 saturated heterocycles. The maximum absolute atomic E-state index is 13.1. The van der Waals surface area contributed by atoms with Gasteiger partial charge in [-0.2, -0.15) is 0 Å². The standard InChI is InChI=1S/C23H25NO4/c1-15-7-8-18(13-16(15)2)22(27)19-5-3-4-6-20(19)23(28)24-11-9-17(10-12-24)14-21(25)26/h3-8,13,17H,9-12,14H2,1-2H3,(H,25,26). The van der Waals surface area contributed by atoms with E-state index in [1.165, 1.54) is 0 Å². The number of rotatable bonds is 5. The highest BCUT2D eigenvalue weighted by atomic mass is 16.4. The summed E-state index contributed by atoms with van der Waals surface area (Å²) in [7, 11) is 0. The first-order chi connectivity index (χ1) is 13.4. The van der Waals surface area contributed by atoms with Crippen molar-refractivity contribution >= 4 is 17.7 Å². The van der Waals surface area contributed by atoms with Gasteiger partial charge in [-0.25, -0.2) is 0 Å². The van der Waals surface area contributed by atoms with Gasteiger partial charge >= 0.3 is 5.97 Å². The predicted molar refractivity (Wildman–Crippen MR) is 107 cm³/mol. The van der Waals surface area contributed by atoms with Gasteiger partial charge in [0.1, 0.15) is 0 Å². The van der Waals surface area contributed by atoms with Gasteiger partial charge in [0.2, 0.25) is 0 Å². The Morgan fingerprint density at radius 3 is 2.21 bits per heavy atom. The van der Waals surface area contributed by atoms with Crippen LogP contribution in [-0.4, -0.2) is 40.8 Å². The lowest BCUT2D eigenvalue weighted by Gasteiger charge is -2.31. The van der Waals surface area contributed by atoms with Crippen LogP contribution in [0.2, 0.25) is 0 Å². The fraction of sp³-hybridized carbons (Fsp3) is 0.348. The van der Waals surface area contributed by atoms with Crippen molar-refractivity contribution in [2.45, 2.75) is 33.1 Å². The second kappa shape index (κ2) is 8.38. The van der Waals surface area contributed by atoms with Gasteiger partial charge in [0.25, 0.3) is 5.91 Å². The Bertz CT molecular complexity index is 911. The molecule has 1 aliphatic heterocycles. The van der Waals surface area contributed by atoms with Crippen LogP contribution in [0.4, 0.5) is 0 Å². The molecule has 2 aromatic rings. The van der Waals surface area contributed by atoms with E-state index >= 15 is 0 Å². The van der Waals surface area contributed by atoms with Crippen LogP contribution >= 0.6 is 0 Å². The molecule has 5 nitrogen and oxygen atoms in total. The molecule has 1 amide bonds. The van der Waals surface area contributed by atoms with Crippen LogP contribution in [0, 0.1) is 19.8 Å². The summed E-state index contributed by atoms with van der Waals surface area (Å²) in [5.74, 6) is -1.02. The van der Waals surface area contributed by atoms with Gasteiger partial charge in [-0.05, 0) is 55.9 Å². The zero-order chi connectivity index (χ0) is 20.3. The zero-order valence-electron chi connectivity index (χ0n) is 16.3. The van der Waals surface area contributed by atoms with Crippen LogP contribution in [-0.2, 0) is 4.79 Å². The van der Waals surface area contributed by atoms with Crippen molar-refractivity contribution < 1.29 is 19.5 Å². The van der Waals surface area contributed by atoms with E-state index in [4.69, 9.17) is 5.11 Å². The molecule has 0 saturated carbocycles. The lowest BCUT2D eigenvalue weighted by Crippen LogP contribution is -2.39. The number of hydrogen-bond donors (Lipinski definition) is 1. The number of nitrogens with zero attached hydrogens (tertiary/aromatic N) is 1. The topological polar surface area (TPSA) is 74.7 Å². The summed E-state index contributed by atoms with van der Waals surface area (Å²) < 4.78 is 0. The highest BCUT2D eigenvalue weighted by Crippen LogP contribution is 2.24. The van der Waals surface area contributed by atoms with Gasteiger partial charge in [0, 0.05) is 30.6 Å². The lowest BCUT2D eigenvalue weighted by molar-refractivity contribution is -0.138. The van der Waals surface area contributed by atoms with Crippen molar-refractivity contribution in [2.75, 3.05) is 13.1 Å². The highest BCUT2D eigenvalue weighted by molar-refractivity contribution is 6.15. The van der Waals surface area contributed by atoms with E-state index in [2.05, 4.69) is 0 Å². The predicted octanol–water partition coefficient (Wildman–Crippen LogP) is 3.86. The summed E-state index contributed by atoms with van der Waals surface area (Å²) in [4.78, 5) is 38.7. The average Bonchev–Trinajstić information content (AvgIpc) is 2.69. The van der Waals surface area contributed by atoms with Crippen LogP contribution in [0.15, 0.2) is 42.5 Å². The number of hydrogen-bond acceptors (Lipinski definition) is 3. The van der Waals surface area contributed by atoms with Gasteiger partial charge in [-0.1, -0.05) is 30.3 Å². The maximum Gasteiger partial charge on any atom is 0.303 e. The van der Waals surface area contributed by atoms with E-state index < -0.39 is 5.97 Å². The Labute approximate surface area is 165 Å². The number of aliphatic carboxylic acids is 1. The molecule has 2 aromatic carbocycles. The molecule has 0 spiro atoms. The van der Waals surface area contributed by atoms with E-state index in [-0.39, 0.29) is 24.0 Å². The summed E-state index contributed by atoms with van der Waals surface area (Å²) in [6, 6.07) is 12.5. The first kappa shape index (κ1) is 19.8. The minimum atomic E-state index is -0.797. The molecule has 0 atom stereocenters. The number of benzene rings is 2. The van der Waals surface area contributed by atoms with Gasteiger partial charge in [0.15, 0.2) is 5.78 Å². The smallest absolute Gasteiger partial charge is 0.303 e. The van der Waals surface area contributed by atoms with Crippen LogP contribution in [0.5, 0.6) is 0 Å². The van der Waals surface area contributed by atoms with Gasteiger partial charge in [0.05, 0.1) is 5.56 Å². The second-order valence-electron chi connectivity index (χ2n) is 7.51. The molecule has 146 valence electrons. The van der Waals surface area contributed by atoms with E-state index in [9.17, 15) is 14.4 Å². The normalized spacial score (nSPS) is 14.7. The molecule has 5 heteroatoms. The van der Waals surface area contributed by atoms with E-state index in [1.807, 2.05) is 26.0 Å². The molecular weight excluding hydrogens is 354 g/mol. The molecule has 0 aromatic heterocycles. The molecule has 0 aliphatic carbocycles. The lowest BCUT2D eigenvalue weighted by atomic mass is 9.92. The number of aryl methyl sites for hydroxylation is 2. The number of amides is 1. The van der Waals surface area contributed by atoms with Gasteiger partial charge < -0.3 is 10.0 Å². The highest BCUT2D eigenvalue weighted by Gasteiger charge is 2.27. The molecule has 1 fully saturated rings. The van der Waals surface area contributed by atoms with Crippen molar-refractivity contribution in [3.05, 3.63) is 70.3 Å². The van der Waals surface area contributed by atoms with Crippen LogP contribution in [0.1, 0.15) is 56.7 Å². The Hall–Kier alpha value is -2.95. The molecule has 28 heavy (non-hydrogen) atoms. The molecule has 1 N–H and O–H groups in total. The number of carbonyl (C=O) groups is 3. The fourth-order valence-electron chi connectivity index (χ4n) is 3.66. The summed E-state index contributed by atoms with van der Waals surface area (Å²) in [6.45, 7) is 4.99. The van der Waals surface area contributed by atoms with Crippen LogP contribution in [0.3, 0.4) is 0 Å². The molecule has 0 bridgehead atoms. The first-order valence-electron chi connectivity index (χ1n) is 9.59. The molecule has 0 radical (unpaired) electrons. The number of likely N-dealkylation sites (tertiary alicyclic amines) is 1. The Morgan fingerprint density at radius 2 is 1.61 bits per heavy atom. The van der Waals surface area contributed by atoms with Crippen molar-refractivity contribution in [2.24, 2.45) is 5.92 Å². The second-order valence-corrected chi connectivity index (χ2v) is 7.51. The van der Waals surface area contributed by atoms with E-state index in [0.717, 1.165) is 11.1 Å². The van der Waals surface area contributed by atoms with Crippen molar-refractivity contribution in [3.63, 3.8) is 0 Å². The number of ketones is 1. The summed E-state index contributed by atoms with van der Waals surface area (Å²) in [6.07, 6.45) is 1.49. The number of carboxylic acid groups (broad SMARTS) is 1. The summed E-state index contributed by atoms with van der Waals surface area (Å²) in [5.41, 5.74) is 3.54. The fourth-order valence-corrected chi connectivity index (χ4v) is 3.66. The number of carbonyl (C=O) groups excluding carboxylic acids is 2. The monoisotopic (exact) mass is 379 g/mol. The third kappa shape index (κ3) is 4.30. The quantitative estimate of drug-likeness (QED) is 0.801. The first-order valence-corrected chi connectivity index (χ1v) is 9.59. The molecule has 1 aliphatic rings. The van der Waals surface area contributed by atoms with E-state index in [1.54, 1.807) is 35.2 Å². The molecule has 3 rings (SSSR count). The van der Waals surface area contributed by atoms with Crippen molar-refractivity contribution in [1.82, 2.24) is 4.90 Å². The minimum Gasteiger partial charge on any atom is -0.481 e. The SMILES string of the molecule is Cc1ccc(C(=O)c2ccccc2C(=O)N2CCC(CC(=O)O)CC2)cc1C. The molecular formula is C23H25NO4. The van der Waals surface area contributed by atoms with Crippen molar-refractivity contribution in [1.29, 1.82) is 0 Å². The average molecular weight is 379 g/mol. The zero-order valence-corrected chi connectivity index (χ0v) is 16.3. The maximum atomic E-state index is 13.1. The van der Waals surface area contributed by atoms with Crippen molar-refractivity contribution in [3.8, 4) is 0 Å². The summed E-state index contributed by atoms with van der Waals surface area (Å²) >= 11 is 0. The van der Waals surface area contributed by atoms with Gasteiger partial charge in [-0.3, -0.25) is 14.4 Å². The summed E-state index contributed by atoms with van der Waals surface area (Å²) in [5, 5.41) is 8.94. The largest absolute Gasteiger partial charge is 0.481 e. The minimum absolute atomic E-state index is 0.106. The van der Waals surface area contributed by atoms with Gasteiger partial charge in [-0.15, -0.1) is 0 Å². The Morgan fingerprint density at radius 1 is 0.964 bits per heavy atom.